The van der Waals surface area contributed by atoms with Gasteiger partial charge in [-0.15, -0.1) is 0 Å². The predicted molar refractivity (Wildman–Crippen MR) is 60.9 cm³/mol. The topological polar surface area (TPSA) is 65.5 Å². The molecule has 0 radical (unpaired) electrons. The first-order chi connectivity index (χ1) is 7.68. The van der Waals surface area contributed by atoms with Gasteiger partial charge in [-0.3, -0.25) is 0 Å². The van der Waals surface area contributed by atoms with Gasteiger partial charge in [0.15, 0.2) is 0 Å². The normalized spacial score (nSPS) is 20.8. The number of carboxylic acid groups (broad SMARTS) is 1. The molecule has 5 heteroatoms. The highest BCUT2D eigenvalue weighted by Gasteiger charge is 2.21. The Balaban J connectivity index is 2.28. The average molecular weight is 221 g/mol. The van der Waals surface area contributed by atoms with Crippen molar-refractivity contribution in [3.8, 4) is 0 Å². The van der Waals surface area contributed by atoms with Gasteiger partial charge in [0.05, 0.1) is 0 Å². The molecule has 16 heavy (non-hydrogen) atoms. The van der Waals surface area contributed by atoms with Crippen molar-refractivity contribution in [3.63, 3.8) is 0 Å². The van der Waals surface area contributed by atoms with E-state index in [0.29, 0.717) is 11.9 Å². The fourth-order valence-corrected chi connectivity index (χ4v) is 1.94. The van der Waals surface area contributed by atoms with Crippen LogP contribution in [0.3, 0.4) is 0 Å². The highest BCUT2D eigenvalue weighted by Crippen LogP contribution is 2.18. The molecule has 2 heterocycles. The quantitative estimate of drug-likeness (QED) is 0.764. The van der Waals surface area contributed by atoms with Crippen molar-refractivity contribution < 1.29 is 9.90 Å². The molecule has 1 aromatic heterocycles. The van der Waals surface area contributed by atoms with Crippen molar-refractivity contribution in [1.29, 1.82) is 0 Å². The van der Waals surface area contributed by atoms with Gasteiger partial charge in [0.1, 0.15) is 11.4 Å². The minimum atomic E-state index is -0.922. The van der Waals surface area contributed by atoms with Gasteiger partial charge in [0.2, 0.25) is 0 Å². The number of nitrogens with zero attached hydrogens (tertiary/aromatic N) is 2. The van der Waals surface area contributed by atoms with E-state index in [1.807, 2.05) is 4.90 Å². The maximum absolute atomic E-state index is 11.1. The SMILES string of the molecule is C[C@H]1CN(c2ncccc2C(=O)O)CCN1. The number of anilines is 1. The van der Waals surface area contributed by atoms with Crippen LogP contribution in [-0.4, -0.2) is 41.7 Å². The smallest absolute Gasteiger partial charge is 0.339 e. The van der Waals surface area contributed by atoms with E-state index in [4.69, 9.17) is 5.11 Å². The van der Waals surface area contributed by atoms with Crippen LogP contribution < -0.4 is 10.2 Å². The van der Waals surface area contributed by atoms with E-state index in [1.54, 1.807) is 18.3 Å². The van der Waals surface area contributed by atoms with Crippen molar-refractivity contribution in [2.75, 3.05) is 24.5 Å². The van der Waals surface area contributed by atoms with E-state index in [9.17, 15) is 4.79 Å². The Morgan fingerprint density at radius 3 is 3.19 bits per heavy atom. The van der Waals surface area contributed by atoms with Crippen molar-refractivity contribution in [2.24, 2.45) is 0 Å². The Kier molecular flexibility index (Phi) is 3.05. The molecule has 86 valence electrons. The maximum atomic E-state index is 11.1. The van der Waals surface area contributed by atoms with E-state index < -0.39 is 5.97 Å². The summed E-state index contributed by atoms with van der Waals surface area (Å²) in [4.78, 5) is 17.3. The zero-order chi connectivity index (χ0) is 11.5. The van der Waals surface area contributed by atoms with E-state index in [1.165, 1.54) is 0 Å². The van der Waals surface area contributed by atoms with Crippen LogP contribution in [0.5, 0.6) is 0 Å². The second kappa shape index (κ2) is 4.49. The number of rotatable bonds is 2. The number of carbonyl (C=O) groups is 1. The Morgan fingerprint density at radius 1 is 1.69 bits per heavy atom. The Hall–Kier alpha value is -1.62. The first-order valence-corrected chi connectivity index (χ1v) is 5.35. The highest BCUT2D eigenvalue weighted by molar-refractivity contribution is 5.93. The van der Waals surface area contributed by atoms with Crippen LogP contribution in [0.4, 0.5) is 5.82 Å². The molecule has 0 amide bonds. The summed E-state index contributed by atoms with van der Waals surface area (Å²) < 4.78 is 0. The minimum absolute atomic E-state index is 0.275. The number of aromatic nitrogens is 1. The molecule has 0 bridgehead atoms. The lowest BCUT2D eigenvalue weighted by atomic mass is 10.2. The molecule has 5 nitrogen and oxygen atoms in total. The lowest BCUT2D eigenvalue weighted by Crippen LogP contribution is -2.49. The molecular formula is C11H15N3O2. The monoisotopic (exact) mass is 221 g/mol. The van der Waals surface area contributed by atoms with E-state index in [2.05, 4.69) is 17.2 Å². The minimum Gasteiger partial charge on any atom is -0.478 e. The van der Waals surface area contributed by atoms with Crippen molar-refractivity contribution in [2.45, 2.75) is 13.0 Å². The lowest BCUT2D eigenvalue weighted by molar-refractivity contribution is 0.0697. The molecule has 0 spiro atoms. The van der Waals surface area contributed by atoms with E-state index >= 15 is 0 Å². The third kappa shape index (κ3) is 2.14. The van der Waals surface area contributed by atoms with Crippen molar-refractivity contribution in [1.82, 2.24) is 10.3 Å². The molecule has 0 unspecified atom stereocenters. The fraction of sp³-hybridized carbons (Fsp3) is 0.455. The summed E-state index contributed by atoms with van der Waals surface area (Å²) in [6.45, 7) is 4.52. The van der Waals surface area contributed by atoms with Crippen molar-refractivity contribution in [3.05, 3.63) is 23.9 Å². The number of nitrogens with one attached hydrogen (secondary N) is 1. The Bertz CT molecular complexity index is 395. The molecule has 2 N–H and O–H groups in total. The van der Waals surface area contributed by atoms with Crippen LogP contribution in [0.2, 0.25) is 0 Å². The highest BCUT2D eigenvalue weighted by atomic mass is 16.4. The zero-order valence-corrected chi connectivity index (χ0v) is 9.18. The number of aromatic carboxylic acids is 1. The van der Waals surface area contributed by atoms with Gasteiger partial charge in [0.25, 0.3) is 0 Å². The van der Waals surface area contributed by atoms with Crippen molar-refractivity contribution >= 4 is 11.8 Å². The average Bonchev–Trinajstić information content (AvgIpc) is 2.29. The molecule has 2 rings (SSSR count). The number of pyridine rings is 1. The van der Waals surface area contributed by atoms with Gasteiger partial charge >= 0.3 is 5.97 Å². The third-order valence-electron chi connectivity index (χ3n) is 2.69. The molecule has 1 aromatic rings. The first-order valence-electron chi connectivity index (χ1n) is 5.35. The van der Waals surface area contributed by atoms with Crippen LogP contribution in [0.1, 0.15) is 17.3 Å². The molecule has 1 aliphatic rings. The summed E-state index contributed by atoms with van der Waals surface area (Å²) >= 11 is 0. The van der Waals surface area contributed by atoms with Gasteiger partial charge in [-0.1, -0.05) is 0 Å². The van der Waals surface area contributed by atoms with Crippen LogP contribution in [0.25, 0.3) is 0 Å². The predicted octanol–water partition coefficient (Wildman–Crippen LogP) is 0.578. The fourth-order valence-electron chi connectivity index (χ4n) is 1.94. The molecule has 1 aliphatic heterocycles. The van der Waals surface area contributed by atoms with Crippen LogP contribution in [-0.2, 0) is 0 Å². The number of hydrogen-bond acceptors (Lipinski definition) is 4. The van der Waals surface area contributed by atoms with Gasteiger partial charge in [0, 0.05) is 31.9 Å². The molecular weight excluding hydrogens is 206 g/mol. The van der Waals surface area contributed by atoms with Gasteiger partial charge in [-0.05, 0) is 19.1 Å². The second-order valence-electron chi connectivity index (χ2n) is 3.98. The zero-order valence-electron chi connectivity index (χ0n) is 9.18. The molecule has 0 aliphatic carbocycles. The summed E-state index contributed by atoms with van der Waals surface area (Å²) in [6.07, 6.45) is 1.63. The van der Waals surface area contributed by atoms with Crippen LogP contribution in [0, 0.1) is 0 Å². The third-order valence-corrected chi connectivity index (χ3v) is 2.69. The largest absolute Gasteiger partial charge is 0.478 e. The van der Waals surface area contributed by atoms with Gasteiger partial charge in [-0.25, -0.2) is 9.78 Å². The first kappa shape index (κ1) is 10.9. The van der Waals surface area contributed by atoms with E-state index in [-0.39, 0.29) is 5.56 Å². The summed E-state index contributed by atoms with van der Waals surface area (Å²) in [5.74, 6) is -0.349. The Labute approximate surface area is 94.1 Å². The molecule has 1 fully saturated rings. The molecule has 0 saturated carbocycles. The number of piperazine rings is 1. The second-order valence-corrected chi connectivity index (χ2v) is 3.98. The summed E-state index contributed by atoms with van der Waals surface area (Å²) in [5, 5.41) is 12.4. The number of carboxylic acids is 1. The molecule has 1 atom stereocenters. The summed E-state index contributed by atoms with van der Waals surface area (Å²) in [6, 6.07) is 3.60. The standard InChI is InChI=1S/C11H15N3O2/c1-8-7-14(6-5-12-8)10-9(11(15)16)3-2-4-13-10/h2-4,8,12H,5-7H2,1H3,(H,15,16)/t8-/m0/s1. The molecule has 0 aromatic carbocycles. The summed E-state index contributed by atoms with van der Waals surface area (Å²) in [7, 11) is 0. The Morgan fingerprint density at radius 2 is 2.50 bits per heavy atom. The summed E-state index contributed by atoms with van der Waals surface area (Å²) in [5.41, 5.74) is 0.275. The maximum Gasteiger partial charge on any atom is 0.339 e. The lowest BCUT2D eigenvalue weighted by Gasteiger charge is -2.33. The van der Waals surface area contributed by atoms with E-state index in [0.717, 1.165) is 19.6 Å². The van der Waals surface area contributed by atoms with Gasteiger partial charge in [-0.2, -0.15) is 0 Å². The van der Waals surface area contributed by atoms with Gasteiger partial charge < -0.3 is 15.3 Å². The number of hydrogen-bond donors (Lipinski definition) is 2. The van der Waals surface area contributed by atoms with Crippen LogP contribution >= 0.6 is 0 Å². The molecule has 1 saturated heterocycles. The van der Waals surface area contributed by atoms with Crippen LogP contribution in [0.15, 0.2) is 18.3 Å².